The van der Waals surface area contributed by atoms with Crippen LogP contribution in [0.25, 0.3) is 0 Å². The molecule has 8 heteroatoms. The Hall–Kier alpha value is -1.93. The van der Waals surface area contributed by atoms with Crippen LogP contribution in [0.15, 0.2) is 41.8 Å². The number of carbonyl (C=O) groups is 2. The molecule has 130 valence electrons. The Morgan fingerprint density at radius 3 is 2.42 bits per heavy atom. The summed E-state index contributed by atoms with van der Waals surface area (Å²) in [7, 11) is 1.61. The number of halogens is 1. The fourth-order valence-electron chi connectivity index (χ4n) is 1.86. The van der Waals surface area contributed by atoms with Crippen LogP contribution in [0.5, 0.6) is 0 Å². The van der Waals surface area contributed by atoms with Gasteiger partial charge in [-0.25, -0.2) is 0 Å². The van der Waals surface area contributed by atoms with Crippen LogP contribution in [0.1, 0.15) is 9.67 Å². The predicted molar refractivity (Wildman–Crippen MR) is 99.3 cm³/mol. The number of rotatable bonds is 8. The lowest BCUT2D eigenvalue weighted by Crippen LogP contribution is -2.30. The Bertz CT molecular complexity index is 650. The zero-order valence-electron chi connectivity index (χ0n) is 13.2. The number of anilines is 2. The van der Waals surface area contributed by atoms with Crippen LogP contribution in [0.4, 0.5) is 11.4 Å². The second-order valence-corrected chi connectivity index (χ2v) is 5.64. The highest BCUT2D eigenvalue weighted by molar-refractivity contribution is 7.12. The van der Waals surface area contributed by atoms with Crippen molar-refractivity contribution in [2.75, 3.05) is 37.4 Å². The molecule has 0 fully saturated rings. The third-order valence-electron chi connectivity index (χ3n) is 2.96. The van der Waals surface area contributed by atoms with Crippen molar-refractivity contribution in [3.8, 4) is 0 Å². The first-order chi connectivity index (χ1) is 11.2. The van der Waals surface area contributed by atoms with Gasteiger partial charge in [0.15, 0.2) is 0 Å². The zero-order valence-corrected chi connectivity index (χ0v) is 14.8. The van der Waals surface area contributed by atoms with Crippen LogP contribution in [-0.2, 0) is 9.53 Å². The molecule has 0 saturated carbocycles. The minimum absolute atomic E-state index is 0. The largest absolute Gasteiger partial charge is 0.383 e. The van der Waals surface area contributed by atoms with Gasteiger partial charge in [-0.05, 0) is 23.6 Å². The van der Waals surface area contributed by atoms with Crippen LogP contribution >= 0.6 is 23.7 Å². The van der Waals surface area contributed by atoms with Crippen molar-refractivity contribution in [2.45, 2.75) is 0 Å². The molecule has 0 aliphatic rings. The van der Waals surface area contributed by atoms with Gasteiger partial charge >= 0.3 is 0 Å². The lowest BCUT2D eigenvalue weighted by molar-refractivity contribution is -0.115. The Morgan fingerprint density at radius 2 is 1.79 bits per heavy atom. The lowest BCUT2D eigenvalue weighted by atomic mass is 10.2. The maximum Gasteiger partial charge on any atom is 0.265 e. The first-order valence-electron chi connectivity index (χ1n) is 7.14. The van der Waals surface area contributed by atoms with Gasteiger partial charge in [-0.2, -0.15) is 0 Å². The molecule has 0 aliphatic carbocycles. The molecular formula is C16H20ClN3O3S. The van der Waals surface area contributed by atoms with E-state index in [-0.39, 0.29) is 30.8 Å². The number of hydrogen-bond acceptors (Lipinski definition) is 5. The molecule has 0 saturated heterocycles. The van der Waals surface area contributed by atoms with Crippen molar-refractivity contribution in [2.24, 2.45) is 0 Å². The second-order valence-electron chi connectivity index (χ2n) is 4.69. The average molecular weight is 370 g/mol. The summed E-state index contributed by atoms with van der Waals surface area (Å²) in [5.74, 6) is -0.376. The summed E-state index contributed by atoms with van der Waals surface area (Å²) in [6, 6.07) is 10.7. The molecule has 6 nitrogen and oxygen atoms in total. The molecule has 3 N–H and O–H groups in total. The fourth-order valence-corrected chi connectivity index (χ4v) is 2.48. The Balaban J connectivity index is 0.00000288. The van der Waals surface area contributed by atoms with Gasteiger partial charge in [0.1, 0.15) is 0 Å². The standard InChI is InChI=1S/C16H19N3O3S.ClH/c1-22-9-8-17-11-15(20)18-12-5-2-3-6-13(12)19-16(21)14-7-4-10-23-14;/h2-7,10,17H,8-9,11H2,1H3,(H,18,20)(H,19,21);1H. The van der Waals surface area contributed by atoms with Gasteiger partial charge in [0, 0.05) is 13.7 Å². The molecule has 1 aromatic carbocycles. The molecule has 0 spiro atoms. The third-order valence-corrected chi connectivity index (χ3v) is 3.83. The Kier molecular flexibility index (Phi) is 9.03. The average Bonchev–Trinajstić information content (AvgIpc) is 3.08. The van der Waals surface area contributed by atoms with Gasteiger partial charge in [0.25, 0.3) is 5.91 Å². The van der Waals surface area contributed by atoms with Gasteiger partial charge in [-0.15, -0.1) is 23.7 Å². The molecule has 0 aliphatic heterocycles. The summed E-state index contributed by atoms with van der Waals surface area (Å²) in [5.41, 5.74) is 1.13. The molecule has 1 heterocycles. The highest BCUT2D eigenvalue weighted by Gasteiger charge is 2.11. The first kappa shape index (κ1) is 20.1. The van der Waals surface area contributed by atoms with Crippen LogP contribution in [0.2, 0.25) is 0 Å². The van der Waals surface area contributed by atoms with Crippen molar-refractivity contribution in [1.82, 2.24) is 5.32 Å². The molecule has 0 bridgehead atoms. The van der Waals surface area contributed by atoms with Gasteiger partial charge < -0.3 is 20.7 Å². The number of thiophene rings is 1. The van der Waals surface area contributed by atoms with Crippen molar-refractivity contribution in [3.05, 3.63) is 46.7 Å². The van der Waals surface area contributed by atoms with Crippen molar-refractivity contribution in [1.29, 1.82) is 0 Å². The molecule has 1 aromatic heterocycles. The van der Waals surface area contributed by atoms with E-state index >= 15 is 0 Å². The highest BCUT2D eigenvalue weighted by atomic mass is 35.5. The maximum atomic E-state index is 12.1. The summed E-state index contributed by atoms with van der Waals surface area (Å²) in [5, 5.41) is 10.4. The van der Waals surface area contributed by atoms with E-state index in [2.05, 4.69) is 16.0 Å². The number of para-hydroxylation sites is 2. The molecule has 2 rings (SSSR count). The number of nitrogens with one attached hydrogen (secondary N) is 3. The molecular weight excluding hydrogens is 350 g/mol. The maximum absolute atomic E-state index is 12.1. The van der Waals surface area contributed by atoms with Crippen LogP contribution in [0, 0.1) is 0 Å². The van der Waals surface area contributed by atoms with Crippen molar-refractivity contribution < 1.29 is 14.3 Å². The quantitative estimate of drug-likeness (QED) is 0.625. The summed E-state index contributed by atoms with van der Waals surface area (Å²) in [4.78, 5) is 24.7. The summed E-state index contributed by atoms with van der Waals surface area (Å²) >= 11 is 1.36. The monoisotopic (exact) mass is 369 g/mol. The first-order valence-corrected chi connectivity index (χ1v) is 8.02. The molecule has 24 heavy (non-hydrogen) atoms. The van der Waals surface area contributed by atoms with E-state index in [0.29, 0.717) is 29.4 Å². The Labute approximate surface area is 151 Å². The number of ether oxygens (including phenoxy) is 1. The lowest BCUT2D eigenvalue weighted by Gasteiger charge is -2.12. The van der Waals surface area contributed by atoms with Crippen LogP contribution in [-0.4, -0.2) is 38.6 Å². The Morgan fingerprint density at radius 1 is 1.08 bits per heavy atom. The SMILES string of the molecule is COCCNCC(=O)Nc1ccccc1NC(=O)c1cccs1.Cl. The van der Waals surface area contributed by atoms with Crippen LogP contribution < -0.4 is 16.0 Å². The summed E-state index contributed by atoms with van der Waals surface area (Å²) in [6.45, 7) is 1.32. The van der Waals surface area contributed by atoms with E-state index in [1.54, 1.807) is 37.4 Å². The van der Waals surface area contributed by atoms with E-state index in [1.807, 2.05) is 11.4 Å². The number of hydrogen-bond donors (Lipinski definition) is 3. The number of carbonyl (C=O) groups excluding carboxylic acids is 2. The number of methoxy groups -OCH3 is 1. The van der Waals surface area contributed by atoms with E-state index < -0.39 is 0 Å². The number of benzene rings is 1. The molecule has 0 unspecified atom stereocenters. The molecule has 2 amide bonds. The smallest absolute Gasteiger partial charge is 0.265 e. The van der Waals surface area contributed by atoms with Crippen molar-refractivity contribution >= 4 is 46.9 Å². The topological polar surface area (TPSA) is 79.5 Å². The minimum atomic E-state index is -0.195. The van der Waals surface area contributed by atoms with E-state index in [4.69, 9.17) is 4.74 Å². The summed E-state index contributed by atoms with van der Waals surface area (Å²) < 4.78 is 4.90. The van der Waals surface area contributed by atoms with E-state index in [0.717, 1.165) is 0 Å². The van der Waals surface area contributed by atoms with Gasteiger partial charge in [0.2, 0.25) is 5.91 Å². The highest BCUT2D eigenvalue weighted by Crippen LogP contribution is 2.22. The number of amides is 2. The van der Waals surface area contributed by atoms with Crippen LogP contribution in [0.3, 0.4) is 0 Å². The second kappa shape index (κ2) is 10.8. The third kappa shape index (κ3) is 6.29. The molecule has 2 aromatic rings. The normalized spacial score (nSPS) is 9.88. The fraction of sp³-hybridized carbons (Fsp3) is 0.250. The predicted octanol–water partition coefficient (Wildman–Crippen LogP) is 2.60. The van der Waals surface area contributed by atoms with E-state index in [1.165, 1.54) is 11.3 Å². The van der Waals surface area contributed by atoms with E-state index in [9.17, 15) is 9.59 Å². The van der Waals surface area contributed by atoms with Gasteiger partial charge in [0.05, 0.1) is 29.4 Å². The molecule has 0 atom stereocenters. The minimum Gasteiger partial charge on any atom is -0.383 e. The van der Waals surface area contributed by atoms with Gasteiger partial charge in [-0.3, -0.25) is 9.59 Å². The zero-order chi connectivity index (χ0) is 16.5. The molecule has 0 radical (unpaired) electrons. The van der Waals surface area contributed by atoms with Gasteiger partial charge in [-0.1, -0.05) is 18.2 Å². The van der Waals surface area contributed by atoms with Crippen molar-refractivity contribution in [3.63, 3.8) is 0 Å². The summed E-state index contributed by atoms with van der Waals surface area (Å²) in [6.07, 6.45) is 0.